The van der Waals surface area contributed by atoms with E-state index in [-0.39, 0.29) is 0 Å². The standard InChI is InChI=1S/C16H20BrN3O/c1-11(2)18-8-14-9-19-16(20-12(14)3)21-10-13-4-6-15(17)7-5-13/h4-7,9,11,18H,8,10H2,1-3H3. The molecule has 5 heteroatoms. The summed E-state index contributed by atoms with van der Waals surface area (Å²) in [4.78, 5) is 8.67. The molecule has 2 rings (SSSR count). The summed E-state index contributed by atoms with van der Waals surface area (Å²) in [6.45, 7) is 7.45. The van der Waals surface area contributed by atoms with E-state index in [0.29, 0.717) is 18.7 Å². The highest BCUT2D eigenvalue weighted by Crippen LogP contribution is 2.13. The fourth-order valence-corrected chi connectivity index (χ4v) is 2.02. The Balaban J connectivity index is 1.95. The van der Waals surface area contributed by atoms with Gasteiger partial charge in [0.1, 0.15) is 6.61 Å². The van der Waals surface area contributed by atoms with Crippen LogP contribution in [-0.4, -0.2) is 16.0 Å². The molecule has 1 N–H and O–H groups in total. The van der Waals surface area contributed by atoms with E-state index in [1.165, 1.54) is 0 Å². The summed E-state index contributed by atoms with van der Waals surface area (Å²) < 4.78 is 6.69. The molecule has 1 aromatic heterocycles. The van der Waals surface area contributed by atoms with Crippen LogP contribution in [0.2, 0.25) is 0 Å². The topological polar surface area (TPSA) is 47.0 Å². The van der Waals surface area contributed by atoms with E-state index in [1.807, 2.05) is 37.4 Å². The van der Waals surface area contributed by atoms with Crippen LogP contribution in [-0.2, 0) is 13.2 Å². The van der Waals surface area contributed by atoms with Crippen LogP contribution in [0.25, 0.3) is 0 Å². The zero-order valence-corrected chi connectivity index (χ0v) is 14.1. The van der Waals surface area contributed by atoms with Gasteiger partial charge in [0.15, 0.2) is 0 Å². The Kier molecular flexibility index (Phi) is 5.70. The summed E-state index contributed by atoms with van der Waals surface area (Å²) in [5.74, 6) is 0. The lowest BCUT2D eigenvalue weighted by atomic mass is 10.2. The average Bonchev–Trinajstić information content (AvgIpc) is 2.45. The van der Waals surface area contributed by atoms with Gasteiger partial charge in [0.2, 0.25) is 0 Å². The third-order valence-corrected chi connectivity index (χ3v) is 3.57. The van der Waals surface area contributed by atoms with Gasteiger partial charge in [-0.3, -0.25) is 0 Å². The van der Waals surface area contributed by atoms with E-state index in [1.54, 1.807) is 0 Å². The van der Waals surface area contributed by atoms with Crippen molar-refractivity contribution in [2.45, 2.75) is 40.0 Å². The van der Waals surface area contributed by atoms with Crippen LogP contribution in [0.5, 0.6) is 6.01 Å². The lowest BCUT2D eigenvalue weighted by Gasteiger charge is -2.11. The first kappa shape index (κ1) is 15.9. The molecule has 0 aliphatic carbocycles. The number of nitrogens with zero attached hydrogens (tertiary/aromatic N) is 2. The molecular formula is C16H20BrN3O. The third kappa shape index (κ3) is 5.10. The molecule has 0 spiro atoms. The predicted octanol–water partition coefficient (Wildman–Crippen LogP) is 3.62. The number of nitrogens with one attached hydrogen (secondary N) is 1. The second-order valence-electron chi connectivity index (χ2n) is 5.21. The van der Waals surface area contributed by atoms with Crippen LogP contribution in [0.3, 0.4) is 0 Å². The quantitative estimate of drug-likeness (QED) is 0.864. The van der Waals surface area contributed by atoms with E-state index >= 15 is 0 Å². The minimum Gasteiger partial charge on any atom is -0.459 e. The van der Waals surface area contributed by atoms with E-state index in [2.05, 4.69) is 45.1 Å². The molecule has 0 aliphatic heterocycles. The van der Waals surface area contributed by atoms with Gasteiger partial charge in [0, 0.05) is 34.5 Å². The van der Waals surface area contributed by atoms with Crippen molar-refractivity contribution in [1.82, 2.24) is 15.3 Å². The van der Waals surface area contributed by atoms with Crippen molar-refractivity contribution in [3.05, 3.63) is 51.8 Å². The number of halogens is 1. The van der Waals surface area contributed by atoms with Gasteiger partial charge in [-0.1, -0.05) is 41.9 Å². The molecule has 21 heavy (non-hydrogen) atoms. The molecule has 112 valence electrons. The predicted molar refractivity (Wildman–Crippen MR) is 87.2 cm³/mol. The molecule has 0 unspecified atom stereocenters. The lowest BCUT2D eigenvalue weighted by Crippen LogP contribution is -2.22. The molecule has 2 aromatic rings. The van der Waals surface area contributed by atoms with E-state index < -0.39 is 0 Å². The number of aromatic nitrogens is 2. The molecule has 0 atom stereocenters. The lowest BCUT2D eigenvalue weighted by molar-refractivity contribution is 0.279. The molecule has 0 amide bonds. The SMILES string of the molecule is Cc1nc(OCc2ccc(Br)cc2)ncc1CNC(C)C. The number of rotatable bonds is 6. The summed E-state index contributed by atoms with van der Waals surface area (Å²) in [5, 5.41) is 3.36. The molecule has 0 fully saturated rings. The number of aryl methyl sites for hydroxylation is 1. The van der Waals surface area contributed by atoms with Crippen molar-refractivity contribution in [3.63, 3.8) is 0 Å². The van der Waals surface area contributed by atoms with E-state index in [9.17, 15) is 0 Å². The molecular weight excluding hydrogens is 330 g/mol. The van der Waals surface area contributed by atoms with Crippen molar-refractivity contribution in [2.75, 3.05) is 0 Å². The number of hydrogen-bond donors (Lipinski definition) is 1. The van der Waals surface area contributed by atoms with Crippen molar-refractivity contribution in [2.24, 2.45) is 0 Å². The molecule has 0 saturated carbocycles. The van der Waals surface area contributed by atoms with Crippen molar-refractivity contribution in [3.8, 4) is 6.01 Å². The van der Waals surface area contributed by atoms with Gasteiger partial charge in [-0.25, -0.2) is 9.97 Å². The second-order valence-corrected chi connectivity index (χ2v) is 6.13. The summed E-state index contributed by atoms with van der Waals surface area (Å²) in [6.07, 6.45) is 1.83. The molecule has 0 aliphatic rings. The summed E-state index contributed by atoms with van der Waals surface area (Å²) in [6, 6.07) is 8.87. The fraction of sp³-hybridized carbons (Fsp3) is 0.375. The van der Waals surface area contributed by atoms with Gasteiger partial charge >= 0.3 is 6.01 Å². The minimum atomic E-state index is 0.420. The van der Waals surface area contributed by atoms with E-state index in [0.717, 1.165) is 27.8 Å². The Morgan fingerprint density at radius 2 is 1.95 bits per heavy atom. The highest BCUT2D eigenvalue weighted by atomic mass is 79.9. The Labute approximate surface area is 134 Å². The molecule has 0 radical (unpaired) electrons. The Morgan fingerprint density at radius 3 is 2.57 bits per heavy atom. The average molecular weight is 350 g/mol. The number of hydrogen-bond acceptors (Lipinski definition) is 4. The maximum Gasteiger partial charge on any atom is 0.316 e. The highest BCUT2D eigenvalue weighted by molar-refractivity contribution is 9.10. The normalized spacial score (nSPS) is 10.9. The van der Waals surface area contributed by atoms with Gasteiger partial charge in [-0.2, -0.15) is 0 Å². The third-order valence-electron chi connectivity index (χ3n) is 3.04. The largest absolute Gasteiger partial charge is 0.459 e. The Hall–Kier alpha value is -1.46. The maximum atomic E-state index is 5.64. The Bertz CT molecular complexity index is 585. The highest BCUT2D eigenvalue weighted by Gasteiger charge is 2.05. The monoisotopic (exact) mass is 349 g/mol. The summed E-state index contributed by atoms with van der Waals surface area (Å²) in [5.41, 5.74) is 3.13. The van der Waals surface area contributed by atoms with Gasteiger partial charge in [-0.15, -0.1) is 0 Å². The van der Waals surface area contributed by atoms with Crippen LogP contribution < -0.4 is 10.1 Å². The van der Waals surface area contributed by atoms with Crippen LogP contribution in [0.4, 0.5) is 0 Å². The molecule has 1 heterocycles. The van der Waals surface area contributed by atoms with Gasteiger partial charge < -0.3 is 10.1 Å². The number of ether oxygens (including phenoxy) is 1. The van der Waals surface area contributed by atoms with Gasteiger partial charge in [0.25, 0.3) is 0 Å². The summed E-state index contributed by atoms with van der Waals surface area (Å²) in [7, 11) is 0. The first-order chi connectivity index (χ1) is 10.0. The van der Waals surface area contributed by atoms with Gasteiger partial charge in [0.05, 0.1) is 0 Å². The second kappa shape index (κ2) is 7.52. The van der Waals surface area contributed by atoms with Crippen molar-refractivity contribution in [1.29, 1.82) is 0 Å². The van der Waals surface area contributed by atoms with Gasteiger partial charge in [-0.05, 0) is 24.6 Å². The van der Waals surface area contributed by atoms with Crippen LogP contribution in [0.1, 0.15) is 30.7 Å². The molecule has 1 aromatic carbocycles. The maximum absolute atomic E-state index is 5.64. The molecule has 4 nitrogen and oxygen atoms in total. The van der Waals surface area contributed by atoms with Crippen molar-refractivity contribution >= 4 is 15.9 Å². The smallest absolute Gasteiger partial charge is 0.316 e. The summed E-state index contributed by atoms with van der Waals surface area (Å²) >= 11 is 3.41. The number of benzene rings is 1. The first-order valence-electron chi connectivity index (χ1n) is 6.97. The van der Waals surface area contributed by atoms with Crippen LogP contribution in [0.15, 0.2) is 34.9 Å². The van der Waals surface area contributed by atoms with Crippen LogP contribution in [0, 0.1) is 6.92 Å². The first-order valence-corrected chi connectivity index (χ1v) is 7.77. The minimum absolute atomic E-state index is 0.420. The Morgan fingerprint density at radius 1 is 1.24 bits per heavy atom. The molecule has 0 saturated heterocycles. The van der Waals surface area contributed by atoms with Crippen LogP contribution >= 0.6 is 15.9 Å². The zero-order chi connectivity index (χ0) is 15.2. The van der Waals surface area contributed by atoms with Crippen molar-refractivity contribution < 1.29 is 4.74 Å². The zero-order valence-electron chi connectivity index (χ0n) is 12.6. The fourth-order valence-electron chi connectivity index (χ4n) is 1.76. The molecule has 0 bridgehead atoms. The van der Waals surface area contributed by atoms with E-state index in [4.69, 9.17) is 4.74 Å².